The predicted molar refractivity (Wildman–Crippen MR) is 109 cm³/mol. The number of aliphatic hydroxyl groups is 1. The van der Waals surface area contributed by atoms with Crippen LogP contribution in [0.25, 0.3) is 0 Å². The molecule has 1 N–H and O–H groups in total. The number of carbonyl (C=O) groups is 1. The zero-order valence-electron chi connectivity index (χ0n) is 15.0. The molecule has 1 aliphatic rings. The summed E-state index contributed by atoms with van der Waals surface area (Å²) in [5, 5.41) is 10.2. The number of piperidine rings is 1. The Morgan fingerprint density at radius 1 is 1.42 bits per heavy atom. The molecule has 1 unspecified atom stereocenters. The van der Waals surface area contributed by atoms with E-state index in [0.29, 0.717) is 40.1 Å². The Kier molecular flexibility index (Phi) is 7.44. The molecule has 1 aromatic rings. The highest BCUT2D eigenvalue weighted by Gasteiger charge is 2.34. The molecule has 4 nitrogen and oxygen atoms in total. The van der Waals surface area contributed by atoms with Crippen molar-refractivity contribution in [3.63, 3.8) is 0 Å². The van der Waals surface area contributed by atoms with Crippen molar-refractivity contribution in [2.75, 3.05) is 19.7 Å². The molecule has 0 saturated carbocycles. The summed E-state index contributed by atoms with van der Waals surface area (Å²) >= 11 is 14.1. The Balaban J connectivity index is 2.10. The molecule has 1 aromatic carbocycles. The zero-order valence-corrected chi connectivity index (χ0v) is 18.7. The van der Waals surface area contributed by atoms with Gasteiger partial charge in [-0.05, 0) is 73.8 Å². The third-order valence-electron chi connectivity index (χ3n) is 4.44. The van der Waals surface area contributed by atoms with E-state index in [1.165, 1.54) is 0 Å². The number of benzene rings is 1. The Bertz CT molecular complexity index is 681. The van der Waals surface area contributed by atoms with E-state index in [1.807, 2.05) is 43.4 Å². The second-order valence-electron chi connectivity index (χ2n) is 7.58. The summed E-state index contributed by atoms with van der Waals surface area (Å²) in [5.41, 5.74) is -0.130. The standard InChI is InChI=1S/C18H23Cl2FINO3/c1-18(2,3)26-17(25)23-5-4-10(12(8-23)9-24)6-11-7-13(19)16(22)14(20)15(11)21/h7,10,12,24H,4-6,8-9H2,1-3H3/t10?,12-/m1/s1. The molecule has 8 heteroatoms. The molecular weight excluding hydrogens is 495 g/mol. The lowest BCUT2D eigenvalue weighted by Gasteiger charge is -2.38. The molecule has 0 aromatic heterocycles. The van der Waals surface area contributed by atoms with Crippen LogP contribution in [0.5, 0.6) is 0 Å². The first-order chi connectivity index (χ1) is 12.0. The number of likely N-dealkylation sites (tertiary alicyclic amines) is 1. The number of amides is 1. The van der Waals surface area contributed by atoms with Gasteiger partial charge < -0.3 is 14.7 Å². The Hall–Kier alpha value is -0.310. The van der Waals surface area contributed by atoms with Crippen LogP contribution in [-0.2, 0) is 11.2 Å². The first kappa shape index (κ1) is 22.0. The van der Waals surface area contributed by atoms with Crippen molar-refractivity contribution in [1.82, 2.24) is 4.90 Å². The van der Waals surface area contributed by atoms with Gasteiger partial charge in [0.2, 0.25) is 0 Å². The van der Waals surface area contributed by atoms with Gasteiger partial charge in [0.25, 0.3) is 0 Å². The van der Waals surface area contributed by atoms with Crippen LogP contribution in [0.3, 0.4) is 0 Å². The largest absolute Gasteiger partial charge is 0.444 e. The Labute approximate surface area is 177 Å². The second kappa shape index (κ2) is 8.80. The quantitative estimate of drug-likeness (QED) is 0.343. The highest BCUT2D eigenvalue weighted by atomic mass is 127. The third kappa shape index (κ3) is 5.36. The van der Waals surface area contributed by atoms with Crippen molar-refractivity contribution in [2.45, 2.75) is 39.2 Å². The summed E-state index contributed by atoms with van der Waals surface area (Å²) in [6, 6.07) is 1.60. The van der Waals surface area contributed by atoms with Gasteiger partial charge in [-0.25, -0.2) is 9.18 Å². The van der Waals surface area contributed by atoms with E-state index in [9.17, 15) is 14.3 Å². The lowest BCUT2D eigenvalue weighted by atomic mass is 9.81. The summed E-state index contributed by atoms with van der Waals surface area (Å²) in [7, 11) is 0. The Morgan fingerprint density at radius 2 is 2.08 bits per heavy atom. The molecule has 0 radical (unpaired) electrons. The second-order valence-corrected chi connectivity index (χ2v) is 9.45. The fourth-order valence-corrected chi connectivity index (χ4v) is 3.99. The highest BCUT2D eigenvalue weighted by molar-refractivity contribution is 14.1. The molecule has 2 rings (SSSR count). The summed E-state index contributed by atoms with van der Waals surface area (Å²) in [6.07, 6.45) is 0.668. The number of carbonyl (C=O) groups excluding carboxylic acids is 1. The average Bonchev–Trinajstić information content (AvgIpc) is 2.56. The maximum Gasteiger partial charge on any atom is 0.410 e. The van der Waals surface area contributed by atoms with Crippen molar-refractivity contribution >= 4 is 51.9 Å². The van der Waals surface area contributed by atoms with Crippen LogP contribution in [0.1, 0.15) is 32.8 Å². The maximum absolute atomic E-state index is 14.5. The highest BCUT2D eigenvalue weighted by Crippen LogP contribution is 2.35. The van der Waals surface area contributed by atoms with Crippen LogP contribution >= 0.6 is 45.8 Å². The number of halogens is 4. The van der Waals surface area contributed by atoms with Crippen molar-refractivity contribution in [2.24, 2.45) is 11.8 Å². The number of nitrogens with zero attached hydrogens (tertiary/aromatic N) is 1. The number of hydrogen-bond donors (Lipinski definition) is 1. The van der Waals surface area contributed by atoms with Crippen molar-refractivity contribution in [1.29, 1.82) is 0 Å². The molecule has 1 fully saturated rings. The van der Waals surface area contributed by atoms with Gasteiger partial charge in [-0.2, -0.15) is 0 Å². The fraction of sp³-hybridized carbons (Fsp3) is 0.611. The van der Waals surface area contributed by atoms with Crippen molar-refractivity contribution in [3.8, 4) is 0 Å². The number of ether oxygens (including phenoxy) is 1. The molecule has 0 aliphatic carbocycles. The van der Waals surface area contributed by atoms with Gasteiger partial charge >= 0.3 is 6.09 Å². The smallest absolute Gasteiger partial charge is 0.410 e. The van der Waals surface area contributed by atoms with Gasteiger partial charge in [0.1, 0.15) is 11.4 Å². The van der Waals surface area contributed by atoms with Crippen LogP contribution in [0, 0.1) is 21.2 Å². The van der Waals surface area contributed by atoms with Gasteiger partial charge in [0, 0.05) is 25.6 Å². The van der Waals surface area contributed by atoms with E-state index in [4.69, 9.17) is 27.9 Å². The van der Waals surface area contributed by atoms with E-state index in [2.05, 4.69) is 0 Å². The first-order valence-electron chi connectivity index (χ1n) is 8.44. The minimum atomic E-state index is -0.569. The van der Waals surface area contributed by atoms with Crippen molar-refractivity contribution in [3.05, 3.63) is 31.1 Å². The minimum Gasteiger partial charge on any atom is -0.444 e. The monoisotopic (exact) mass is 517 g/mol. The summed E-state index contributed by atoms with van der Waals surface area (Å²) < 4.78 is 20.4. The zero-order chi connectivity index (χ0) is 19.6. The minimum absolute atomic E-state index is 0.0276. The number of aliphatic hydroxyl groups excluding tert-OH is 1. The molecular formula is C18H23Cl2FINO3. The molecule has 0 bridgehead atoms. The topological polar surface area (TPSA) is 49.8 Å². The summed E-state index contributed by atoms with van der Waals surface area (Å²) in [6.45, 7) is 6.24. The molecule has 1 saturated heterocycles. The average molecular weight is 518 g/mol. The SMILES string of the molecule is CC(C)(C)OC(=O)N1CCC(Cc2cc(Cl)c(I)c(Cl)c2F)[C@@H](CO)C1. The summed E-state index contributed by atoms with van der Waals surface area (Å²) in [5.74, 6) is -0.598. The molecule has 1 aliphatic heterocycles. The van der Waals surface area contributed by atoms with Crippen LogP contribution < -0.4 is 0 Å². The lowest BCUT2D eigenvalue weighted by Crippen LogP contribution is -2.47. The van der Waals surface area contributed by atoms with Gasteiger partial charge in [-0.1, -0.05) is 23.2 Å². The Morgan fingerprint density at radius 3 is 2.65 bits per heavy atom. The normalized spacial score (nSPS) is 21.0. The van der Waals surface area contributed by atoms with E-state index in [-0.39, 0.29) is 29.6 Å². The molecule has 1 heterocycles. The van der Waals surface area contributed by atoms with Gasteiger partial charge in [-0.3, -0.25) is 0 Å². The molecule has 146 valence electrons. The van der Waals surface area contributed by atoms with Crippen LogP contribution in [0.4, 0.5) is 9.18 Å². The molecule has 1 amide bonds. The van der Waals surface area contributed by atoms with E-state index in [0.717, 1.165) is 0 Å². The van der Waals surface area contributed by atoms with Crippen molar-refractivity contribution < 1.29 is 19.0 Å². The number of hydrogen-bond acceptors (Lipinski definition) is 3. The molecule has 0 spiro atoms. The first-order valence-corrected chi connectivity index (χ1v) is 10.3. The van der Waals surface area contributed by atoms with E-state index in [1.54, 1.807) is 11.0 Å². The van der Waals surface area contributed by atoms with Crippen LogP contribution in [0.15, 0.2) is 6.07 Å². The van der Waals surface area contributed by atoms with Gasteiger partial charge in [0.05, 0.1) is 13.6 Å². The van der Waals surface area contributed by atoms with E-state index < -0.39 is 11.4 Å². The predicted octanol–water partition coefficient (Wildman–Crippen LogP) is 5.15. The van der Waals surface area contributed by atoms with Crippen LogP contribution in [0.2, 0.25) is 10.0 Å². The molecule has 2 atom stereocenters. The third-order valence-corrected chi connectivity index (χ3v) is 6.85. The maximum atomic E-state index is 14.5. The van der Waals surface area contributed by atoms with Gasteiger partial charge in [-0.15, -0.1) is 0 Å². The van der Waals surface area contributed by atoms with E-state index >= 15 is 0 Å². The summed E-state index contributed by atoms with van der Waals surface area (Å²) in [4.78, 5) is 13.9. The van der Waals surface area contributed by atoms with Crippen LogP contribution in [-0.4, -0.2) is 41.4 Å². The fourth-order valence-electron chi connectivity index (χ4n) is 3.10. The number of rotatable bonds is 3. The van der Waals surface area contributed by atoms with Gasteiger partial charge in [0.15, 0.2) is 0 Å². The lowest BCUT2D eigenvalue weighted by molar-refractivity contribution is 0.00403. The molecule has 26 heavy (non-hydrogen) atoms.